The lowest BCUT2D eigenvalue weighted by atomic mass is 10.1. The van der Waals surface area contributed by atoms with Crippen molar-refractivity contribution in [3.8, 4) is 0 Å². The maximum atomic E-state index is 12.4. The smallest absolute Gasteiger partial charge is 0.341 e. The van der Waals surface area contributed by atoms with Crippen molar-refractivity contribution < 1.29 is 9.53 Å². The van der Waals surface area contributed by atoms with Crippen molar-refractivity contribution in [1.29, 1.82) is 0 Å². The molecule has 0 atom stereocenters. The van der Waals surface area contributed by atoms with Gasteiger partial charge in [0.2, 0.25) is 0 Å². The fourth-order valence-corrected chi connectivity index (χ4v) is 4.61. The number of aliphatic imine (C=N–C) groups is 1. The zero-order chi connectivity index (χ0) is 18.5. The highest BCUT2D eigenvalue weighted by Gasteiger charge is 2.27. The molecule has 2 aromatic rings. The van der Waals surface area contributed by atoms with Gasteiger partial charge in [-0.05, 0) is 63.3 Å². The van der Waals surface area contributed by atoms with Crippen molar-refractivity contribution in [2.24, 2.45) is 4.99 Å². The molecule has 0 fully saturated rings. The van der Waals surface area contributed by atoms with E-state index in [0.29, 0.717) is 12.2 Å². The number of esters is 1. The average molecular weight is 371 g/mol. The van der Waals surface area contributed by atoms with Crippen LogP contribution in [0.1, 0.15) is 53.6 Å². The monoisotopic (exact) mass is 370 g/mol. The van der Waals surface area contributed by atoms with Crippen molar-refractivity contribution in [1.82, 2.24) is 0 Å². The molecule has 26 heavy (non-hydrogen) atoms. The van der Waals surface area contributed by atoms with Gasteiger partial charge >= 0.3 is 5.97 Å². The van der Waals surface area contributed by atoms with Gasteiger partial charge in [-0.15, -0.1) is 11.3 Å². The number of hydrogen-bond acceptors (Lipinski definition) is 5. The van der Waals surface area contributed by atoms with E-state index < -0.39 is 0 Å². The summed E-state index contributed by atoms with van der Waals surface area (Å²) in [6.07, 6.45) is 4.95. The average Bonchev–Trinajstić information content (AvgIpc) is 3.22. The standard InChI is InChI=1S/C21H26N2O2S/c1-4-23(5-2)16-12-10-15(11-13-16)14-22-20-19(21(24)25-6-3)17-8-7-9-18(17)26-20/h10-14H,4-9H2,1-3H3. The molecule has 3 rings (SSSR count). The van der Waals surface area contributed by atoms with Crippen molar-refractivity contribution in [2.45, 2.75) is 40.0 Å². The van der Waals surface area contributed by atoms with E-state index in [4.69, 9.17) is 4.74 Å². The third-order valence-corrected chi connectivity index (χ3v) is 5.93. The normalized spacial score (nSPS) is 13.2. The number of fused-ring (bicyclic) bond motifs is 1. The van der Waals surface area contributed by atoms with Crippen LogP contribution in [0.4, 0.5) is 10.7 Å². The van der Waals surface area contributed by atoms with Crippen molar-refractivity contribution >= 4 is 34.2 Å². The minimum Gasteiger partial charge on any atom is -0.462 e. The number of ether oxygens (including phenoxy) is 1. The third kappa shape index (κ3) is 3.83. The Bertz CT molecular complexity index is 789. The van der Waals surface area contributed by atoms with E-state index in [2.05, 4.69) is 48.0 Å². The molecule has 0 spiro atoms. The number of anilines is 1. The first kappa shape index (κ1) is 18.6. The van der Waals surface area contributed by atoms with Gasteiger partial charge in [-0.3, -0.25) is 0 Å². The fourth-order valence-electron chi connectivity index (χ4n) is 3.39. The lowest BCUT2D eigenvalue weighted by Crippen LogP contribution is -2.21. The van der Waals surface area contributed by atoms with Gasteiger partial charge in [-0.2, -0.15) is 0 Å². The van der Waals surface area contributed by atoms with E-state index in [1.807, 2.05) is 13.1 Å². The van der Waals surface area contributed by atoms with Gasteiger partial charge in [0.25, 0.3) is 0 Å². The first-order valence-corrected chi connectivity index (χ1v) is 10.2. The molecule has 0 N–H and O–H groups in total. The van der Waals surface area contributed by atoms with Crippen LogP contribution < -0.4 is 4.90 Å². The minimum absolute atomic E-state index is 0.240. The van der Waals surface area contributed by atoms with E-state index in [-0.39, 0.29) is 5.97 Å². The Labute approximate surface area is 159 Å². The lowest BCUT2D eigenvalue weighted by molar-refractivity contribution is 0.0527. The molecule has 1 aliphatic carbocycles. The molecular weight excluding hydrogens is 344 g/mol. The summed E-state index contributed by atoms with van der Waals surface area (Å²) in [5, 5.41) is 0.779. The Morgan fingerprint density at radius 1 is 1.19 bits per heavy atom. The quantitative estimate of drug-likeness (QED) is 0.508. The topological polar surface area (TPSA) is 41.9 Å². The Hall–Kier alpha value is -2.14. The van der Waals surface area contributed by atoms with Crippen LogP contribution in [0.25, 0.3) is 0 Å². The van der Waals surface area contributed by atoms with Crippen LogP contribution in [0.3, 0.4) is 0 Å². The molecule has 4 nitrogen and oxygen atoms in total. The van der Waals surface area contributed by atoms with Gasteiger partial charge in [-0.1, -0.05) is 12.1 Å². The molecule has 0 radical (unpaired) electrons. The molecule has 0 bridgehead atoms. The summed E-state index contributed by atoms with van der Waals surface area (Å²) in [7, 11) is 0. The Balaban J connectivity index is 1.83. The second kappa shape index (κ2) is 8.49. The molecule has 0 amide bonds. The molecule has 1 aromatic heterocycles. The second-order valence-corrected chi connectivity index (χ2v) is 7.36. The Morgan fingerprint density at radius 2 is 1.92 bits per heavy atom. The largest absolute Gasteiger partial charge is 0.462 e. The van der Waals surface area contributed by atoms with Crippen LogP contribution >= 0.6 is 11.3 Å². The predicted molar refractivity (Wildman–Crippen MR) is 110 cm³/mol. The SMILES string of the molecule is CCOC(=O)c1c(N=Cc2ccc(N(CC)CC)cc2)sc2c1CCC2. The van der Waals surface area contributed by atoms with Crippen LogP contribution in [-0.2, 0) is 17.6 Å². The van der Waals surface area contributed by atoms with Crippen LogP contribution in [0, 0.1) is 0 Å². The molecule has 138 valence electrons. The lowest BCUT2D eigenvalue weighted by Gasteiger charge is -2.20. The number of carbonyl (C=O) groups excluding carboxylic acids is 1. The van der Waals surface area contributed by atoms with Crippen LogP contribution in [-0.4, -0.2) is 31.9 Å². The van der Waals surface area contributed by atoms with Crippen molar-refractivity contribution in [2.75, 3.05) is 24.6 Å². The molecule has 0 saturated carbocycles. The van der Waals surface area contributed by atoms with Crippen molar-refractivity contribution in [3.05, 3.63) is 45.8 Å². The zero-order valence-electron chi connectivity index (χ0n) is 15.7. The Kier molecular flexibility index (Phi) is 6.09. The van der Waals surface area contributed by atoms with Crippen molar-refractivity contribution in [3.63, 3.8) is 0 Å². The number of aryl methyl sites for hydroxylation is 1. The Morgan fingerprint density at radius 3 is 2.58 bits per heavy atom. The van der Waals surface area contributed by atoms with Gasteiger partial charge in [0.05, 0.1) is 12.2 Å². The number of thiophene rings is 1. The second-order valence-electron chi connectivity index (χ2n) is 6.28. The molecule has 1 heterocycles. The summed E-state index contributed by atoms with van der Waals surface area (Å²) in [6, 6.07) is 8.38. The highest BCUT2D eigenvalue weighted by molar-refractivity contribution is 7.16. The number of rotatable bonds is 7. The van der Waals surface area contributed by atoms with E-state index in [0.717, 1.165) is 48.5 Å². The first-order valence-electron chi connectivity index (χ1n) is 9.38. The van der Waals surface area contributed by atoms with E-state index >= 15 is 0 Å². The van der Waals surface area contributed by atoms with Gasteiger partial charge in [0.1, 0.15) is 5.00 Å². The van der Waals surface area contributed by atoms with Gasteiger partial charge in [0, 0.05) is 29.9 Å². The summed E-state index contributed by atoms with van der Waals surface area (Å²) < 4.78 is 5.26. The van der Waals surface area contributed by atoms with Crippen LogP contribution in [0.5, 0.6) is 0 Å². The summed E-state index contributed by atoms with van der Waals surface area (Å²) in [4.78, 5) is 20.6. The van der Waals surface area contributed by atoms with E-state index in [9.17, 15) is 4.79 Å². The van der Waals surface area contributed by atoms with Gasteiger partial charge in [-0.25, -0.2) is 9.79 Å². The first-order chi connectivity index (χ1) is 12.7. The van der Waals surface area contributed by atoms with Gasteiger partial charge in [0.15, 0.2) is 0 Å². The molecule has 1 aliphatic rings. The maximum absolute atomic E-state index is 12.4. The molecule has 5 heteroatoms. The van der Waals surface area contributed by atoms with Gasteiger partial charge < -0.3 is 9.64 Å². The number of carbonyl (C=O) groups is 1. The van der Waals surface area contributed by atoms with Crippen LogP contribution in [0.2, 0.25) is 0 Å². The number of nitrogens with zero attached hydrogens (tertiary/aromatic N) is 2. The van der Waals surface area contributed by atoms with E-state index in [1.165, 1.54) is 10.6 Å². The summed E-state index contributed by atoms with van der Waals surface area (Å²) >= 11 is 1.63. The zero-order valence-corrected chi connectivity index (χ0v) is 16.6. The summed E-state index contributed by atoms with van der Waals surface area (Å²) in [5.41, 5.74) is 4.08. The highest BCUT2D eigenvalue weighted by atomic mass is 32.1. The van der Waals surface area contributed by atoms with E-state index in [1.54, 1.807) is 11.3 Å². The minimum atomic E-state index is -0.240. The summed E-state index contributed by atoms with van der Waals surface area (Å²) in [5.74, 6) is -0.240. The molecule has 1 aromatic carbocycles. The summed E-state index contributed by atoms with van der Waals surface area (Å²) in [6.45, 7) is 8.53. The number of hydrogen-bond donors (Lipinski definition) is 0. The third-order valence-electron chi connectivity index (χ3n) is 4.73. The fraction of sp³-hybridized carbons (Fsp3) is 0.429. The highest BCUT2D eigenvalue weighted by Crippen LogP contribution is 2.41. The molecular formula is C21H26N2O2S. The van der Waals surface area contributed by atoms with Crippen LogP contribution in [0.15, 0.2) is 29.3 Å². The molecule has 0 unspecified atom stereocenters. The molecule has 0 saturated heterocycles. The maximum Gasteiger partial charge on any atom is 0.341 e. The molecule has 0 aliphatic heterocycles. The number of benzene rings is 1. The predicted octanol–water partition coefficient (Wildman–Crippen LogP) is 5.01.